The molecule has 0 aliphatic rings. The van der Waals surface area contributed by atoms with Gasteiger partial charge in [0.25, 0.3) is 0 Å². The maximum atomic E-state index is 6.01. The van der Waals surface area contributed by atoms with Crippen molar-refractivity contribution < 1.29 is 14.2 Å². The third-order valence-electron chi connectivity index (χ3n) is 3.92. The van der Waals surface area contributed by atoms with E-state index in [0.717, 1.165) is 22.8 Å². The summed E-state index contributed by atoms with van der Waals surface area (Å²) in [5, 5.41) is 0. The molecule has 0 bridgehead atoms. The average molecular weight is 372 g/mol. The fourth-order valence-electron chi connectivity index (χ4n) is 2.63. The van der Waals surface area contributed by atoms with Crippen LogP contribution in [-0.4, -0.2) is 0 Å². The number of hydrogen-bond donors (Lipinski definition) is 0. The SMILES string of the molecule is C/C=C\C(=C/C)Oc1cc(COc2ccccc2)cc(Oc2ccccc2)c1. The van der Waals surface area contributed by atoms with Crippen molar-refractivity contribution in [1.29, 1.82) is 0 Å². The molecule has 3 heteroatoms. The van der Waals surface area contributed by atoms with Crippen molar-refractivity contribution in [2.24, 2.45) is 0 Å². The van der Waals surface area contributed by atoms with E-state index in [0.29, 0.717) is 18.1 Å². The molecule has 0 spiro atoms. The number of rotatable bonds is 8. The highest BCUT2D eigenvalue weighted by molar-refractivity contribution is 5.42. The number of para-hydroxylation sites is 2. The molecule has 3 aromatic carbocycles. The molecule has 142 valence electrons. The van der Waals surface area contributed by atoms with Crippen molar-refractivity contribution in [1.82, 2.24) is 0 Å². The molecule has 0 unspecified atom stereocenters. The zero-order chi connectivity index (χ0) is 19.6. The van der Waals surface area contributed by atoms with Gasteiger partial charge in [-0.2, -0.15) is 0 Å². The van der Waals surface area contributed by atoms with E-state index in [1.54, 1.807) is 0 Å². The highest BCUT2D eigenvalue weighted by Crippen LogP contribution is 2.29. The molecule has 3 aromatic rings. The average Bonchev–Trinajstić information content (AvgIpc) is 2.73. The number of hydrogen-bond acceptors (Lipinski definition) is 3. The first-order chi connectivity index (χ1) is 13.8. The first-order valence-corrected chi connectivity index (χ1v) is 9.28. The minimum atomic E-state index is 0.418. The van der Waals surface area contributed by atoms with E-state index < -0.39 is 0 Å². The van der Waals surface area contributed by atoms with Crippen molar-refractivity contribution in [2.45, 2.75) is 20.5 Å². The van der Waals surface area contributed by atoms with Crippen LogP contribution in [0, 0.1) is 0 Å². The van der Waals surface area contributed by atoms with E-state index >= 15 is 0 Å². The number of ether oxygens (including phenoxy) is 3. The maximum Gasteiger partial charge on any atom is 0.131 e. The van der Waals surface area contributed by atoms with E-state index in [9.17, 15) is 0 Å². The highest BCUT2D eigenvalue weighted by atomic mass is 16.5. The van der Waals surface area contributed by atoms with Crippen LogP contribution in [0.3, 0.4) is 0 Å². The fourth-order valence-corrected chi connectivity index (χ4v) is 2.63. The summed E-state index contributed by atoms with van der Waals surface area (Å²) in [4.78, 5) is 0. The Hall–Kier alpha value is -3.46. The quantitative estimate of drug-likeness (QED) is 0.317. The molecule has 3 nitrogen and oxygen atoms in total. The van der Waals surface area contributed by atoms with Crippen molar-refractivity contribution >= 4 is 0 Å². The lowest BCUT2D eigenvalue weighted by atomic mass is 10.2. The normalized spacial score (nSPS) is 11.4. The van der Waals surface area contributed by atoms with Crippen molar-refractivity contribution in [2.75, 3.05) is 0 Å². The monoisotopic (exact) mass is 372 g/mol. The minimum Gasteiger partial charge on any atom is -0.489 e. The minimum absolute atomic E-state index is 0.418. The molecule has 0 amide bonds. The lowest BCUT2D eigenvalue weighted by molar-refractivity contribution is 0.304. The first-order valence-electron chi connectivity index (χ1n) is 9.28. The summed E-state index contributed by atoms with van der Waals surface area (Å²) >= 11 is 0. The molecule has 0 aliphatic heterocycles. The van der Waals surface area contributed by atoms with Gasteiger partial charge in [-0.1, -0.05) is 42.5 Å². The summed E-state index contributed by atoms with van der Waals surface area (Å²) in [5.74, 6) is 3.77. The lowest BCUT2D eigenvalue weighted by Gasteiger charge is -2.13. The summed E-state index contributed by atoms with van der Waals surface area (Å²) in [6.07, 6.45) is 5.79. The van der Waals surface area contributed by atoms with Gasteiger partial charge < -0.3 is 14.2 Å². The smallest absolute Gasteiger partial charge is 0.131 e. The van der Waals surface area contributed by atoms with Gasteiger partial charge in [0, 0.05) is 6.07 Å². The molecule has 0 N–H and O–H groups in total. The van der Waals surface area contributed by atoms with Gasteiger partial charge in [-0.3, -0.25) is 0 Å². The van der Waals surface area contributed by atoms with Crippen LogP contribution in [0.1, 0.15) is 19.4 Å². The summed E-state index contributed by atoms with van der Waals surface area (Å²) < 4.78 is 17.9. The molecule has 0 saturated carbocycles. The van der Waals surface area contributed by atoms with E-state index in [2.05, 4.69) is 0 Å². The molecule has 0 radical (unpaired) electrons. The molecule has 3 rings (SSSR count). The Labute approximate surface area is 166 Å². The zero-order valence-corrected chi connectivity index (χ0v) is 16.2. The van der Waals surface area contributed by atoms with E-state index in [4.69, 9.17) is 14.2 Å². The number of benzene rings is 3. The van der Waals surface area contributed by atoms with Gasteiger partial charge in [-0.25, -0.2) is 0 Å². The van der Waals surface area contributed by atoms with Crippen molar-refractivity contribution in [3.63, 3.8) is 0 Å². The van der Waals surface area contributed by atoms with Gasteiger partial charge in [-0.05, 0) is 68.0 Å². The van der Waals surface area contributed by atoms with Crippen LogP contribution in [-0.2, 0) is 6.61 Å². The summed E-state index contributed by atoms with van der Waals surface area (Å²) in [5.41, 5.74) is 0.961. The predicted molar refractivity (Wildman–Crippen MR) is 113 cm³/mol. The maximum absolute atomic E-state index is 6.01. The molecular formula is C25H24O3. The van der Waals surface area contributed by atoms with Crippen molar-refractivity contribution in [3.8, 4) is 23.0 Å². The molecule has 0 fully saturated rings. The second-order valence-corrected chi connectivity index (χ2v) is 6.12. The van der Waals surface area contributed by atoms with E-state index in [1.807, 2.05) is 111 Å². The van der Waals surface area contributed by atoms with Crippen LogP contribution in [0.2, 0.25) is 0 Å². The third-order valence-corrected chi connectivity index (χ3v) is 3.92. The van der Waals surface area contributed by atoms with Gasteiger partial charge in [0.2, 0.25) is 0 Å². The molecule has 28 heavy (non-hydrogen) atoms. The van der Waals surface area contributed by atoms with Gasteiger partial charge in [0.05, 0.1) is 0 Å². The highest BCUT2D eigenvalue weighted by Gasteiger charge is 2.07. The van der Waals surface area contributed by atoms with Crippen molar-refractivity contribution in [3.05, 3.63) is 108 Å². The van der Waals surface area contributed by atoms with Crippen LogP contribution in [0.15, 0.2) is 103 Å². The van der Waals surface area contributed by atoms with E-state index in [1.165, 1.54) is 0 Å². The standard InChI is InChI=1S/C25H24O3/c1-3-11-21(4-2)27-24-16-20(19-26-22-12-7-5-8-13-22)17-25(18-24)28-23-14-9-6-10-15-23/h3-18H,19H2,1-2H3/b11-3-,21-4+. The Morgan fingerprint density at radius 2 is 1.39 bits per heavy atom. The Morgan fingerprint density at radius 1 is 0.750 bits per heavy atom. The van der Waals surface area contributed by atoms with Crippen LogP contribution >= 0.6 is 0 Å². The van der Waals surface area contributed by atoms with Crippen LogP contribution < -0.4 is 14.2 Å². The van der Waals surface area contributed by atoms with Crippen LogP contribution in [0.5, 0.6) is 23.0 Å². The lowest BCUT2D eigenvalue weighted by Crippen LogP contribution is -1.99. The summed E-state index contributed by atoms with van der Waals surface area (Å²) in [7, 11) is 0. The molecule has 0 saturated heterocycles. The molecule has 0 aliphatic carbocycles. The van der Waals surface area contributed by atoms with Gasteiger partial charge in [0.15, 0.2) is 0 Å². The molecule has 0 atom stereocenters. The van der Waals surface area contributed by atoms with Gasteiger partial charge in [0.1, 0.15) is 35.4 Å². The summed E-state index contributed by atoms with van der Waals surface area (Å²) in [6, 6.07) is 25.2. The topological polar surface area (TPSA) is 27.7 Å². The molecular weight excluding hydrogens is 348 g/mol. The Morgan fingerprint density at radius 3 is 2.04 bits per heavy atom. The largest absolute Gasteiger partial charge is 0.489 e. The molecule has 0 heterocycles. The fraction of sp³-hybridized carbons (Fsp3) is 0.120. The summed E-state index contributed by atoms with van der Waals surface area (Å²) in [6.45, 7) is 4.32. The second-order valence-electron chi connectivity index (χ2n) is 6.12. The van der Waals surface area contributed by atoms with Gasteiger partial charge >= 0.3 is 0 Å². The molecule has 0 aromatic heterocycles. The van der Waals surface area contributed by atoms with Crippen LogP contribution in [0.4, 0.5) is 0 Å². The Bertz CT molecular complexity index is 929. The predicted octanol–water partition coefficient (Wildman–Crippen LogP) is 6.92. The zero-order valence-electron chi connectivity index (χ0n) is 16.2. The van der Waals surface area contributed by atoms with Gasteiger partial charge in [-0.15, -0.1) is 0 Å². The Kier molecular flexibility index (Phi) is 6.91. The van der Waals surface area contributed by atoms with Crippen LogP contribution in [0.25, 0.3) is 0 Å². The third kappa shape index (κ3) is 5.78. The first kappa shape index (κ1) is 19.3. The Balaban J connectivity index is 1.84. The van der Waals surface area contributed by atoms with E-state index in [-0.39, 0.29) is 0 Å². The second kappa shape index (κ2) is 10.0. The number of allylic oxidation sites excluding steroid dienone is 3.